The van der Waals surface area contributed by atoms with Crippen molar-refractivity contribution in [2.45, 2.75) is 17.7 Å². The Balaban J connectivity index is 1.45. The van der Waals surface area contributed by atoms with Gasteiger partial charge in [0, 0.05) is 43.8 Å². The van der Waals surface area contributed by atoms with Gasteiger partial charge in [-0.05, 0) is 42.7 Å². The maximum Gasteiger partial charge on any atom is 0.243 e. The summed E-state index contributed by atoms with van der Waals surface area (Å²) in [5, 5.41) is 6.80. The van der Waals surface area contributed by atoms with Crippen LogP contribution in [0.3, 0.4) is 0 Å². The van der Waals surface area contributed by atoms with E-state index in [0.717, 1.165) is 35.3 Å². The van der Waals surface area contributed by atoms with E-state index >= 15 is 0 Å². The van der Waals surface area contributed by atoms with Crippen molar-refractivity contribution >= 4 is 38.4 Å². The zero-order valence-electron chi connectivity index (χ0n) is 17.5. The van der Waals surface area contributed by atoms with Crippen molar-refractivity contribution in [1.82, 2.24) is 9.29 Å². The molecule has 0 radical (unpaired) electrons. The molecule has 0 spiro atoms. The van der Waals surface area contributed by atoms with Gasteiger partial charge < -0.3 is 4.90 Å². The van der Waals surface area contributed by atoms with Gasteiger partial charge in [-0.1, -0.05) is 24.3 Å². The first kappa shape index (κ1) is 21.5. The van der Waals surface area contributed by atoms with Gasteiger partial charge >= 0.3 is 0 Å². The molecule has 9 heteroatoms. The molecule has 1 N–H and O–H groups in total. The highest BCUT2D eigenvalue weighted by Crippen LogP contribution is 2.28. The number of thiazole rings is 1. The maximum absolute atomic E-state index is 12.8. The standard InChI is InChI=1S/C22H25N5O2S2/c1-26(2)19-10-8-17(9-11-19)15-23-25-22-24-21(16-30-22)18-6-5-7-20(14-18)31(28,29)27-12-3-4-13-27/h5-11,14-16H,3-4,12-13H2,1-2H3,(H,24,25)/b23-15+. The van der Waals surface area contributed by atoms with Crippen LogP contribution in [0.1, 0.15) is 18.4 Å². The average molecular weight is 456 g/mol. The van der Waals surface area contributed by atoms with Crippen molar-refractivity contribution in [2.75, 3.05) is 37.5 Å². The third kappa shape index (κ3) is 4.95. The molecule has 0 unspecified atom stereocenters. The minimum atomic E-state index is -3.45. The van der Waals surface area contributed by atoms with Crippen LogP contribution in [0, 0.1) is 0 Å². The lowest BCUT2D eigenvalue weighted by Gasteiger charge is -2.15. The molecule has 7 nitrogen and oxygen atoms in total. The molecule has 1 aliphatic heterocycles. The summed E-state index contributed by atoms with van der Waals surface area (Å²) in [5.74, 6) is 0. The van der Waals surface area contributed by atoms with Gasteiger partial charge in [0.05, 0.1) is 16.8 Å². The third-order valence-electron chi connectivity index (χ3n) is 5.12. The van der Waals surface area contributed by atoms with Crippen LogP contribution >= 0.6 is 11.3 Å². The van der Waals surface area contributed by atoms with E-state index in [2.05, 4.69) is 15.5 Å². The summed E-state index contributed by atoms with van der Waals surface area (Å²) in [7, 11) is 0.555. The number of rotatable bonds is 7. The van der Waals surface area contributed by atoms with Gasteiger partial charge in [-0.3, -0.25) is 5.43 Å². The number of hydrogen-bond donors (Lipinski definition) is 1. The Labute approximate surface area is 187 Å². The van der Waals surface area contributed by atoms with E-state index in [4.69, 9.17) is 0 Å². The first-order valence-electron chi connectivity index (χ1n) is 10.1. The van der Waals surface area contributed by atoms with E-state index in [1.807, 2.05) is 54.7 Å². The van der Waals surface area contributed by atoms with E-state index in [0.29, 0.717) is 23.1 Å². The third-order valence-corrected chi connectivity index (χ3v) is 7.76. The monoisotopic (exact) mass is 455 g/mol. The Morgan fingerprint density at radius 1 is 1.13 bits per heavy atom. The van der Waals surface area contributed by atoms with Crippen LogP contribution in [0.15, 0.2) is 63.9 Å². The number of anilines is 2. The average Bonchev–Trinajstić information content (AvgIpc) is 3.47. The molecule has 0 amide bonds. The van der Waals surface area contributed by atoms with E-state index in [1.54, 1.807) is 28.7 Å². The van der Waals surface area contributed by atoms with Crippen LogP contribution in [0.5, 0.6) is 0 Å². The molecular formula is C22H25N5O2S2. The number of aromatic nitrogens is 1. The summed E-state index contributed by atoms with van der Waals surface area (Å²) in [5.41, 5.74) is 6.55. The van der Waals surface area contributed by atoms with Gasteiger partial charge in [0.25, 0.3) is 0 Å². The normalized spacial score (nSPS) is 14.9. The molecule has 2 heterocycles. The molecule has 3 aromatic rings. The molecule has 0 aliphatic carbocycles. The summed E-state index contributed by atoms with van der Waals surface area (Å²) in [6.07, 6.45) is 3.57. The molecule has 1 aromatic heterocycles. The fraction of sp³-hybridized carbons (Fsp3) is 0.273. The minimum absolute atomic E-state index is 0.314. The zero-order chi connectivity index (χ0) is 21.8. The molecule has 162 valence electrons. The van der Waals surface area contributed by atoms with Crippen LogP contribution in [0.2, 0.25) is 0 Å². The SMILES string of the molecule is CN(C)c1ccc(/C=N/Nc2nc(-c3cccc(S(=O)(=O)N4CCCC4)c3)cs2)cc1. The van der Waals surface area contributed by atoms with E-state index in [-0.39, 0.29) is 0 Å². The summed E-state index contributed by atoms with van der Waals surface area (Å²) in [6.45, 7) is 1.18. The number of nitrogens with zero attached hydrogens (tertiary/aromatic N) is 4. The highest BCUT2D eigenvalue weighted by atomic mass is 32.2. The summed E-state index contributed by atoms with van der Waals surface area (Å²) >= 11 is 1.42. The van der Waals surface area contributed by atoms with Gasteiger partial charge in [0.1, 0.15) is 0 Å². The van der Waals surface area contributed by atoms with Crippen molar-refractivity contribution in [3.63, 3.8) is 0 Å². The molecule has 1 aliphatic rings. The van der Waals surface area contributed by atoms with Gasteiger partial charge in [0.15, 0.2) is 0 Å². The Bertz CT molecular complexity index is 1160. The largest absolute Gasteiger partial charge is 0.378 e. The van der Waals surface area contributed by atoms with Crippen molar-refractivity contribution in [2.24, 2.45) is 5.10 Å². The van der Waals surface area contributed by atoms with Crippen molar-refractivity contribution < 1.29 is 8.42 Å². The summed E-state index contributed by atoms with van der Waals surface area (Å²) in [6, 6.07) is 15.0. The smallest absolute Gasteiger partial charge is 0.243 e. The number of benzene rings is 2. The first-order chi connectivity index (χ1) is 14.9. The van der Waals surface area contributed by atoms with Gasteiger partial charge in [-0.25, -0.2) is 13.4 Å². The molecule has 4 rings (SSSR count). The van der Waals surface area contributed by atoms with Gasteiger partial charge in [-0.15, -0.1) is 11.3 Å². The van der Waals surface area contributed by atoms with Crippen molar-refractivity contribution in [3.8, 4) is 11.3 Å². The Kier molecular flexibility index (Phi) is 6.35. The first-order valence-corrected chi connectivity index (χ1v) is 12.4. The number of sulfonamides is 1. The highest BCUT2D eigenvalue weighted by molar-refractivity contribution is 7.89. The number of nitrogens with one attached hydrogen (secondary N) is 1. The highest BCUT2D eigenvalue weighted by Gasteiger charge is 2.27. The molecule has 1 fully saturated rings. The maximum atomic E-state index is 12.8. The second-order valence-corrected chi connectivity index (χ2v) is 10.3. The zero-order valence-corrected chi connectivity index (χ0v) is 19.2. The Hall–Kier alpha value is -2.75. The predicted molar refractivity (Wildman–Crippen MR) is 128 cm³/mol. The van der Waals surface area contributed by atoms with Crippen LogP contribution in [0.4, 0.5) is 10.8 Å². The fourth-order valence-corrected chi connectivity index (χ4v) is 5.60. The van der Waals surface area contributed by atoms with Crippen LogP contribution in [-0.4, -0.2) is 51.1 Å². The topological polar surface area (TPSA) is 77.9 Å². The van der Waals surface area contributed by atoms with Gasteiger partial charge in [-0.2, -0.15) is 9.41 Å². The number of hydrazone groups is 1. The molecule has 31 heavy (non-hydrogen) atoms. The van der Waals surface area contributed by atoms with Crippen LogP contribution in [0.25, 0.3) is 11.3 Å². The number of hydrogen-bond acceptors (Lipinski definition) is 7. The molecule has 2 aromatic carbocycles. The second kappa shape index (κ2) is 9.17. The predicted octanol–water partition coefficient (Wildman–Crippen LogP) is 4.11. The molecule has 1 saturated heterocycles. The van der Waals surface area contributed by atoms with Crippen molar-refractivity contribution in [3.05, 3.63) is 59.5 Å². The Morgan fingerprint density at radius 2 is 1.87 bits per heavy atom. The lowest BCUT2D eigenvalue weighted by molar-refractivity contribution is 0.477. The summed E-state index contributed by atoms with van der Waals surface area (Å²) < 4.78 is 27.2. The summed E-state index contributed by atoms with van der Waals surface area (Å²) in [4.78, 5) is 6.91. The van der Waals surface area contributed by atoms with E-state index in [1.165, 1.54) is 11.3 Å². The molecule has 0 bridgehead atoms. The Morgan fingerprint density at radius 3 is 2.58 bits per heavy atom. The van der Waals surface area contributed by atoms with Gasteiger partial charge in [0.2, 0.25) is 15.2 Å². The van der Waals surface area contributed by atoms with Crippen LogP contribution in [-0.2, 0) is 10.0 Å². The van der Waals surface area contributed by atoms with Crippen LogP contribution < -0.4 is 10.3 Å². The lowest BCUT2D eigenvalue weighted by atomic mass is 10.2. The van der Waals surface area contributed by atoms with E-state index < -0.39 is 10.0 Å². The van der Waals surface area contributed by atoms with Crippen molar-refractivity contribution in [1.29, 1.82) is 0 Å². The molecule has 0 atom stereocenters. The minimum Gasteiger partial charge on any atom is -0.378 e. The fourth-order valence-electron chi connectivity index (χ4n) is 3.37. The molecule has 0 saturated carbocycles. The molecular weight excluding hydrogens is 430 g/mol. The second-order valence-electron chi connectivity index (χ2n) is 7.53. The lowest BCUT2D eigenvalue weighted by Crippen LogP contribution is -2.27. The van der Waals surface area contributed by atoms with E-state index in [9.17, 15) is 8.42 Å². The quantitative estimate of drug-likeness (QED) is 0.429.